The van der Waals surface area contributed by atoms with Gasteiger partial charge in [0.25, 0.3) is 5.69 Å². The van der Waals surface area contributed by atoms with Gasteiger partial charge in [0.1, 0.15) is 0 Å². The minimum atomic E-state index is -1.05. The Morgan fingerprint density at radius 2 is 1.93 bits per heavy atom. The van der Waals surface area contributed by atoms with Crippen LogP contribution in [0.2, 0.25) is 5.02 Å². The quantitative estimate of drug-likeness (QED) is 0.301. The third-order valence-electron chi connectivity index (χ3n) is 4.18. The zero-order chi connectivity index (χ0) is 19.7. The smallest absolute Gasteiger partial charge is 0.340 e. The van der Waals surface area contributed by atoms with Crippen LogP contribution in [0.25, 0.3) is 10.9 Å². The molecule has 1 N–H and O–H groups in total. The molecule has 8 heteroatoms. The average molecular weight is 387 g/mol. The Balaban J connectivity index is 1.83. The van der Waals surface area contributed by atoms with Crippen molar-refractivity contribution in [3.8, 4) is 0 Å². The van der Waals surface area contributed by atoms with Gasteiger partial charge in [-0.15, -0.1) is 0 Å². The maximum atomic E-state index is 12.8. The molecule has 2 aromatic carbocycles. The Morgan fingerprint density at radius 1 is 1.22 bits per heavy atom. The number of esters is 1. The number of H-pyrrole nitrogens is 1. The molecular formula is C19H15ClN2O5. The summed E-state index contributed by atoms with van der Waals surface area (Å²) in [4.78, 5) is 38.4. The van der Waals surface area contributed by atoms with E-state index < -0.39 is 17.0 Å². The summed E-state index contributed by atoms with van der Waals surface area (Å²) >= 11 is 5.94. The molecule has 1 aromatic heterocycles. The van der Waals surface area contributed by atoms with Crippen molar-refractivity contribution >= 4 is 39.9 Å². The lowest BCUT2D eigenvalue weighted by Crippen LogP contribution is -2.25. The standard InChI is InChI=1S/C19H15ClN2O5/c1-10-17(14-5-3-4-6-16(14)21-10)18(23)11(2)27-19(24)13-8-7-12(22(25)26)9-15(13)20/h3-9,11,21H,1-2H3/t11-/m0/s1. The maximum absolute atomic E-state index is 12.8. The van der Waals surface area contributed by atoms with Crippen molar-refractivity contribution in [3.05, 3.63) is 74.4 Å². The number of non-ortho nitro benzene ring substituents is 1. The van der Waals surface area contributed by atoms with Gasteiger partial charge in [0.15, 0.2) is 6.10 Å². The van der Waals surface area contributed by atoms with Gasteiger partial charge in [0.05, 0.1) is 15.5 Å². The number of nitrogens with zero attached hydrogens (tertiary/aromatic N) is 1. The van der Waals surface area contributed by atoms with Gasteiger partial charge in [-0.05, 0) is 26.0 Å². The number of nitro groups is 1. The summed E-state index contributed by atoms with van der Waals surface area (Å²) in [6, 6.07) is 10.8. The highest BCUT2D eigenvalue weighted by molar-refractivity contribution is 6.33. The van der Waals surface area contributed by atoms with Gasteiger partial charge in [-0.1, -0.05) is 29.8 Å². The van der Waals surface area contributed by atoms with E-state index in [1.165, 1.54) is 13.0 Å². The van der Waals surface area contributed by atoms with Gasteiger partial charge in [-0.3, -0.25) is 14.9 Å². The second kappa shape index (κ2) is 7.20. The second-order valence-electron chi connectivity index (χ2n) is 6.00. The number of aromatic amines is 1. The maximum Gasteiger partial charge on any atom is 0.340 e. The Bertz CT molecular complexity index is 1070. The highest BCUT2D eigenvalue weighted by Crippen LogP contribution is 2.26. The predicted molar refractivity (Wildman–Crippen MR) is 100 cm³/mol. The number of hydrogen-bond donors (Lipinski definition) is 1. The van der Waals surface area contributed by atoms with Crippen LogP contribution in [0, 0.1) is 17.0 Å². The van der Waals surface area contributed by atoms with Crippen molar-refractivity contribution in [2.45, 2.75) is 20.0 Å². The normalized spacial score (nSPS) is 12.0. The number of aromatic nitrogens is 1. The number of rotatable bonds is 5. The lowest BCUT2D eigenvalue weighted by atomic mass is 10.0. The highest BCUT2D eigenvalue weighted by Gasteiger charge is 2.26. The van der Waals surface area contributed by atoms with Gasteiger partial charge in [0, 0.05) is 34.3 Å². The minimum absolute atomic E-state index is 0.0439. The number of benzene rings is 2. The number of aryl methyl sites for hydroxylation is 1. The molecule has 0 fully saturated rings. The SMILES string of the molecule is Cc1[nH]c2ccccc2c1C(=O)[C@H](C)OC(=O)c1ccc([N+](=O)[O-])cc1Cl. The number of nitro benzene ring substituents is 1. The van der Waals surface area contributed by atoms with Crippen LogP contribution in [0.15, 0.2) is 42.5 Å². The van der Waals surface area contributed by atoms with Gasteiger partial charge in [0.2, 0.25) is 5.78 Å². The number of carbonyl (C=O) groups excluding carboxylic acids is 2. The first-order valence-corrected chi connectivity index (χ1v) is 8.44. The van der Waals surface area contributed by atoms with Crippen LogP contribution in [-0.4, -0.2) is 27.8 Å². The van der Waals surface area contributed by atoms with Crippen molar-refractivity contribution in [2.24, 2.45) is 0 Å². The zero-order valence-electron chi connectivity index (χ0n) is 14.5. The molecule has 3 aromatic rings. The number of Topliss-reactive ketones (excluding diaryl/α,β-unsaturated/α-hetero) is 1. The number of halogens is 1. The van der Waals surface area contributed by atoms with E-state index in [0.29, 0.717) is 11.3 Å². The van der Waals surface area contributed by atoms with E-state index in [9.17, 15) is 19.7 Å². The van der Waals surface area contributed by atoms with E-state index in [1.807, 2.05) is 24.3 Å². The molecule has 7 nitrogen and oxygen atoms in total. The van der Waals surface area contributed by atoms with Gasteiger partial charge in [-0.2, -0.15) is 0 Å². The lowest BCUT2D eigenvalue weighted by Gasteiger charge is -2.13. The van der Waals surface area contributed by atoms with Crippen molar-refractivity contribution < 1.29 is 19.2 Å². The molecule has 0 aliphatic heterocycles. The van der Waals surface area contributed by atoms with E-state index in [2.05, 4.69) is 4.98 Å². The van der Waals surface area contributed by atoms with E-state index in [-0.39, 0.29) is 22.1 Å². The third-order valence-corrected chi connectivity index (χ3v) is 4.49. The Morgan fingerprint density at radius 3 is 2.59 bits per heavy atom. The van der Waals surface area contributed by atoms with Crippen LogP contribution >= 0.6 is 11.6 Å². The molecule has 0 unspecified atom stereocenters. The summed E-state index contributed by atoms with van der Waals surface area (Å²) in [5, 5.41) is 11.4. The molecule has 138 valence electrons. The van der Waals surface area contributed by atoms with E-state index >= 15 is 0 Å². The predicted octanol–water partition coefficient (Wildman–Crippen LogP) is 4.47. The zero-order valence-corrected chi connectivity index (χ0v) is 15.2. The largest absolute Gasteiger partial charge is 0.451 e. The van der Waals surface area contributed by atoms with Gasteiger partial charge < -0.3 is 9.72 Å². The summed E-state index contributed by atoms with van der Waals surface area (Å²) < 4.78 is 5.25. The third kappa shape index (κ3) is 3.54. The molecule has 0 saturated carbocycles. The Labute approximate surface area is 159 Å². The van der Waals surface area contributed by atoms with Crippen molar-refractivity contribution in [3.63, 3.8) is 0 Å². The number of para-hydroxylation sites is 1. The van der Waals surface area contributed by atoms with Gasteiger partial charge >= 0.3 is 5.97 Å². The summed E-state index contributed by atoms with van der Waals surface area (Å²) in [7, 11) is 0. The second-order valence-corrected chi connectivity index (χ2v) is 6.41. The molecule has 27 heavy (non-hydrogen) atoms. The van der Waals surface area contributed by atoms with Crippen LogP contribution in [0.1, 0.15) is 33.3 Å². The molecular weight excluding hydrogens is 372 g/mol. The lowest BCUT2D eigenvalue weighted by molar-refractivity contribution is -0.384. The first-order valence-electron chi connectivity index (χ1n) is 8.06. The van der Waals surface area contributed by atoms with Crippen molar-refractivity contribution in [1.82, 2.24) is 4.98 Å². The topological polar surface area (TPSA) is 102 Å². The molecule has 3 rings (SSSR count). The van der Waals surface area contributed by atoms with Gasteiger partial charge in [-0.25, -0.2) is 4.79 Å². The van der Waals surface area contributed by atoms with E-state index in [4.69, 9.17) is 16.3 Å². The fraction of sp³-hybridized carbons (Fsp3) is 0.158. The molecule has 0 aliphatic rings. The summed E-state index contributed by atoms with van der Waals surface area (Å²) in [5.74, 6) is -1.18. The number of nitrogens with one attached hydrogen (secondary N) is 1. The molecule has 0 saturated heterocycles. The molecule has 1 atom stereocenters. The summed E-state index contributed by atoms with van der Waals surface area (Å²) in [6.07, 6.45) is -1.05. The Kier molecular flexibility index (Phi) is 4.96. The molecule has 0 spiro atoms. The first kappa shape index (κ1) is 18.6. The van der Waals surface area contributed by atoms with Crippen LogP contribution in [0.3, 0.4) is 0 Å². The molecule has 0 radical (unpaired) electrons. The van der Waals surface area contributed by atoms with Crippen molar-refractivity contribution in [1.29, 1.82) is 0 Å². The number of fused-ring (bicyclic) bond motifs is 1. The summed E-state index contributed by atoms with van der Waals surface area (Å²) in [6.45, 7) is 3.25. The Hall–Kier alpha value is -3.19. The van der Waals surface area contributed by atoms with E-state index in [0.717, 1.165) is 23.0 Å². The van der Waals surface area contributed by atoms with E-state index in [1.54, 1.807) is 6.92 Å². The minimum Gasteiger partial charge on any atom is -0.451 e. The molecule has 0 bridgehead atoms. The molecule has 0 amide bonds. The molecule has 0 aliphatic carbocycles. The number of hydrogen-bond acceptors (Lipinski definition) is 5. The van der Waals surface area contributed by atoms with Crippen LogP contribution in [0.4, 0.5) is 5.69 Å². The summed E-state index contributed by atoms with van der Waals surface area (Å²) in [5.41, 5.74) is 1.67. The highest BCUT2D eigenvalue weighted by atomic mass is 35.5. The van der Waals surface area contributed by atoms with Crippen molar-refractivity contribution in [2.75, 3.05) is 0 Å². The fourth-order valence-corrected chi connectivity index (χ4v) is 3.11. The monoisotopic (exact) mass is 386 g/mol. The number of ether oxygens (including phenoxy) is 1. The fourth-order valence-electron chi connectivity index (χ4n) is 2.86. The number of carbonyl (C=O) groups is 2. The number of ketones is 1. The van der Waals surface area contributed by atoms with Crippen LogP contribution < -0.4 is 0 Å². The molecule has 1 heterocycles. The first-order chi connectivity index (χ1) is 12.8. The van der Waals surface area contributed by atoms with Crippen LogP contribution in [-0.2, 0) is 4.74 Å². The van der Waals surface area contributed by atoms with Crippen LogP contribution in [0.5, 0.6) is 0 Å². The average Bonchev–Trinajstić information content (AvgIpc) is 2.96.